The molecule has 1 amide bonds. The number of carbonyl (C=O) groups is 1. The van der Waals surface area contributed by atoms with Crippen LogP contribution in [0.4, 0.5) is 11.6 Å². The van der Waals surface area contributed by atoms with Gasteiger partial charge in [-0.05, 0) is 43.7 Å². The highest BCUT2D eigenvalue weighted by Gasteiger charge is 2.34. The van der Waals surface area contributed by atoms with Crippen LogP contribution in [0.1, 0.15) is 25.5 Å². The van der Waals surface area contributed by atoms with E-state index < -0.39 is 6.04 Å². The van der Waals surface area contributed by atoms with Gasteiger partial charge >= 0.3 is 0 Å². The topological polar surface area (TPSA) is 81.1 Å². The number of nitrogens with one attached hydrogen (secondary N) is 2. The van der Waals surface area contributed by atoms with Crippen molar-refractivity contribution in [3.8, 4) is 17.1 Å². The highest BCUT2D eigenvalue weighted by molar-refractivity contribution is 6.06. The summed E-state index contributed by atoms with van der Waals surface area (Å²) in [5, 5.41) is 11.1. The molecule has 0 radical (unpaired) electrons. The molecule has 3 aromatic carbocycles. The summed E-state index contributed by atoms with van der Waals surface area (Å²) in [6, 6.07) is 26.5. The Kier molecular flexibility index (Phi) is 5.82. The number of anilines is 2. The second-order valence-corrected chi connectivity index (χ2v) is 7.96. The molecule has 2 heterocycles. The number of allylic oxidation sites excluding steroid dienone is 1. The van der Waals surface area contributed by atoms with Gasteiger partial charge in [0.15, 0.2) is 5.82 Å². The maximum Gasteiger partial charge on any atom is 0.255 e. The van der Waals surface area contributed by atoms with Crippen LogP contribution in [0.3, 0.4) is 0 Å². The van der Waals surface area contributed by atoms with E-state index >= 15 is 0 Å². The highest BCUT2D eigenvalue weighted by Crippen LogP contribution is 2.37. The summed E-state index contributed by atoms with van der Waals surface area (Å²) in [4.78, 5) is 18.2. The SMILES string of the molecule is CCOc1ccc(C2C(C(=O)Nc3ccccc3)=C(C)Nc3nc(-c4ccccc4)nn32)cc1. The summed E-state index contributed by atoms with van der Waals surface area (Å²) in [6.45, 7) is 4.43. The predicted octanol–water partition coefficient (Wildman–Crippen LogP) is 5.27. The van der Waals surface area contributed by atoms with E-state index in [-0.39, 0.29) is 5.91 Å². The van der Waals surface area contributed by atoms with Gasteiger partial charge < -0.3 is 15.4 Å². The zero-order valence-corrected chi connectivity index (χ0v) is 19.0. The molecule has 0 saturated heterocycles. The van der Waals surface area contributed by atoms with Crippen LogP contribution in [0.15, 0.2) is 96.2 Å². The average molecular weight is 452 g/mol. The van der Waals surface area contributed by atoms with Gasteiger partial charge in [-0.3, -0.25) is 4.79 Å². The normalized spacial score (nSPS) is 14.8. The lowest BCUT2D eigenvalue weighted by Gasteiger charge is -2.28. The molecule has 7 heteroatoms. The van der Waals surface area contributed by atoms with E-state index in [0.29, 0.717) is 24.0 Å². The second-order valence-electron chi connectivity index (χ2n) is 7.96. The Morgan fingerprint density at radius 2 is 1.68 bits per heavy atom. The third-order valence-electron chi connectivity index (χ3n) is 5.67. The first-order chi connectivity index (χ1) is 16.6. The smallest absolute Gasteiger partial charge is 0.255 e. The van der Waals surface area contributed by atoms with Crippen LogP contribution in [-0.4, -0.2) is 27.3 Å². The fourth-order valence-electron chi connectivity index (χ4n) is 4.10. The molecule has 0 fully saturated rings. The van der Waals surface area contributed by atoms with Crippen molar-refractivity contribution < 1.29 is 9.53 Å². The molecule has 5 rings (SSSR count). The zero-order chi connectivity index (χ0) is 23.5. The monoisotopic (exact) mass is 451 g/mol. The maximum absolute atomic E-state index is 13.5. The van der Waals surface area contributed by atoms with E-state index in [1.165, 1.54) is 0 Å². The fraction of sp³-hybridized carbons (Fsp3) is 0.148. The Hall–Kier alpha value is -4.39. The number of rotatable bonds is 6. The molecule has 7 nitrogen and oxygen atoms in total. The van der Waals surface area contributed by atoms with Crippen molar-refractivity contribution in [1.82, 2.24) is 14.8 Å². The number of nitrogens with zero attached hydrogens (tertiary/aromatic N) is 3. The molecule has 1 aliphatic rings. The number of ether oxygens (including phenoxy) is 1. The first-order valence-corrected chi connectivity index (χ1v) is 11.2. The summed E-state index contributed by atoms with van der Waals surface area (Å²) < 4.78 is 7.40. The van der Waals surface area contributed by atoms with Crippen LogP contribution < -0.4 is 15.4 Å². The van der Waals surface area contributed by atoms with Gasteiger partial charge in [0.2, 0.25) is 5.95 Å². The number of aromatic nitrogens is 3. The van der Waals surface area contributed by atoms with Crippen LogP contribution in [0, 0.1) is 0 Å². The van der Waals surface area contributed by atoms with Gasteiger partial charge in [0.25, 0.3) is 5.91 Å². The number of hydrogen-bond donors (Lipinski definition) is 2. The maximum atomic E-state index is 13.5. The number of hydrogen-bond acceptors (Lipinski definition) is 5. The molecule has 170 valence electrons. The first kappa shape index (κ1) is 21.5. The molecule has 4 aromatic rings. The number of fused-ring (bicyclic) bond motifs is 1. The molecule has 0 aliphatic carbocycles. The van der Waals surface area contributed by atoms with Gasteiger partial charge in [0.1, 0.15) is 11.8 Å². The first-order valence-electron chi connectivity index (χ1n) is 11.2. The molecular weight excluding hydrogens is 426 g/mol. The Labute approximate surface area is 198 Å². The molecule has 0 spiro atoms. The van der Waals surface area contributed by atoms with Crippen molar-refractivity contribution in [3.63, 3.8) is 0 Å². The number of benzene rings is 3. The van der Waals surface area contributed by atoms with Crippen molar-refractivity contribution in [3.05, 3.63) is 102 Å². The zero-order valence-electron chi connectivity index (χ0n) is 19.0. The van der Waals surface area contributed by atoms with Crippen molar-refractivity contribution in [1.29, 1.82) is 0 Å². The van der Waals surface area contributed by atoms with Crippen LogP contribution in [0.2, 0.25) is 0 Å². The quantitative estimate of drug-likeness (QED) is 0.417. The van der Waals surface area contributed by atoms with Crippen LogP contribution in [-0.2, 0) is 4.79 Å². The molecule has 1 atom stereocenters. The van der Waals surface area contributed by atoms with Crippen molar-refractivity contribution in [2.75, 3.05) is 17.2 Å². The van der Waals surface area contributed by atoms with Crippen molar-refractivity contribution >= 4 is 17.5 Å². The molecule has 1 aromatic heterocycles. The standard InChI is InChI=1S/C27H25N5O2/c1-3-34-22-16-14-19(15-17-22)24-23(26(33)29-21-12-8-5-9-13-21)18(2)28-27-30-25(31-32(24)27)20-10-6-4-7-11-20/h4-17,24H,3H2,1-2H3,(H,29,33)(H,28,30,31). The van der Waals surface area contributed by atoms with Gasteiger partial charge in [-0.2, -0.15) is 4.98 Å². The summed E-state index contributed by atoms with van der Waals surface area (Å²) in [7, 11) is 0. The highest BCUT2D eigenvalue weighted by atomic mass is 16.5. The minimum absolute atomic E-state index is 0.197. The molecule has 0 bridgehead atoms. The van der Waals surface area contributed by atoms with Gasteiger partial charge in [0.05, 0.1) is 12.2 Å². The largest absolute Gasteiger partial charge is 0.494 e. The minimum Gasteiger partial charge on any atom is -0.494 e. The van der Waals surface area contributed by atoms with Crippen LogP contribution >= 0.6 is 0 Å². The molecule has 0 saturated carbocycles. The number of carbonyl (C=O) groups excluding carboxylic acids is 1. The lowest BCUT2D eigenvalue weighted by molar-refractivity contribution is -0.113. The Bertz CT molecular complexity index is 1330. The Morgan fingerprint density at radius 3 is 2.35 bits per heavy atom. The van der Waals surface area contributed by atoms with E-state index in [9.17, 15) is 4.79 Å². The molecule has 1 aliphatic heterocycles. The summed E-state index contributed by atoms with van der Waals surface area (Å²) >= 11 is 0. The summed E-state index contributed by atoms with van der Waals surface area (Å²) in [5.41, 5.74) is 3.85. The molecular formula is C27H25N5O2. The van der Waals surface area contributed by atoms with E-state index in [4.69, 9.17) is 14.8 Å². The third kappa shape index (κ3) is 4.15. The van der Waals surface area contributed by atoms with E-state index in [0.717, 1.165) is 28.3 Å². The molecule has 1 unspecified atom stereocenters. The lowest BCUT2D eigenvalue weighted by Crippen LogP contribution is -2.31. The lowest BCUT2D eigenvalue weighted by atomic mass is 9.95. The van der Waals surface area contributed by atoms with Crippen molar-refractivity contribution in [2.24, 2.45) is 0 Å². The third-order valence-corrected chi connectivity index (χ3v) is 5.67. The van der Waals surface area contributed by atoms with Gasteiger partial charge in [-0.25, -0.2) is 4.68 Å². The molecule has 34 heavy (non-hydrogen) atoms. The van der Waals surface area contributed by atoms with Crippen LogP contribution in [0.25, 0.3) is 11.4 Å². The average Bonchev–Trinajstić information content (AvgIpc) is 3.29. The minimum atomic E-state index is -0.458. The van der Waals surface area contributed by atoms with Gasteiger partial charge in [-0.15, -0.1) is 5.10 Å². The summed E-state index contributed by atoms with van der Waals surface area (Å²) in [5.74, 6) is 1.76. The van der Waals surface area contributed by atoms with Gasteiger partial charge in [-0.1, -0.05) is 60.7 Å². The number of para-hydroxylation sites is 1. The van der Waals surface area contributed by atoms with E-state index in [1.54, 1.807) is 4.68 Å². The van der Waals surface area contributed by atoms with E-state index in [2.05, 4.69) is 10.6 Å². The fourth-order valence-corrected chi connectivity index (χ4v) is 4.10. The Balaban J connectivity index is 1.59. The Morgan fingerprint density at radius 1 is 1.00 bits per heavy atom. The second kappa shape index (κ2) is 9.23. The predicted molar refractivity (Wildman–Crippen MR) is 133 cm³/mol. The van der Waals surface area contributed by atoms with Gasteiger partial charge in [0, 0.05) is 16.9 Å². The van der Waals surface area contributed by atoms with Crippen LogP contribution in [0.5, 0.6) is 5.75 Å². The number of amides is 1. The van der Waals surface area contributed by atoms with E-state index in [1.807, 2.05) is 98.8 Å². The van der Waals surface area contributed by atoms with Crippen molar-refractivity contribution in [2.45, 2.75) is 19.9 Å². The summed E-state index contributed by atoms with van der Waals surface area (Å²) in [6.07, 6.45) is 0. The molecule has 2 N–H and O–H groups in total.